The fourth-order valence-corrected chi connectivity index (χ4v) is 1.83. The summed E-state index contributed by atoms with van der Waals surface area (Å²) in [5.41, 5.74) is 0.597. The molecule has 4 rings (SSSR count). The van der Waals surface area contributed by atoms with Gasteiger partial charge < -0.3 is 5.11 Å². The second kappa shape index (κ2) is 0.305. The number of hydrogen-bond acceptors (Lipinski definition) is 1. The van der Waals surface area contributed by atoms with Gasteiger partial charge in [0.05, 0.1) is 0 Å². The lowest BCUT2D eigenvalue weighted by atomic mass is 10.4. The van der Waals surface area contributed by atoms with Gasteiger partial charge >= 0.3 is 0 Å². The van der Waals surface area contributed by atoms with Crippen LogP contribution in [0.1, 0.15) is 0 Å². The van der Waals surface area contributed by atoms with E-state index in [1.165, 1.54) is 0 Å². The SMILES string of the molecule is OCC12C3C1C32. The fraction of sp³-hybridized carbons (Fsp3) is 1.00. The average molecular weight is 82.1 g/mol. The predicted molar refractivity (Wildman–Crippen MR) is 20.0 cm³/mol. The molecule has 0 saturated heterocycles. The van der Waals surface area contributed by atoms with Crippen molar-refractivity contribution < 1.29 is 5.11 Å². The van der Waals surface area contributed by atoms with Gasteiger partial charge in [-0.2, -0.15) is 0 Å². The van der Waals surface area contributed by atoms with Crippen LogP contribution in [-0.4, -0.2) is 11.7 Å². The maximum atomic E-state index is 8.53. The fourth-order valence-electron chi connectivity index (χ4n) is 1.83. The quantitative estimate of drug-likeness (QED) is 0.466. The largest absolute Gasteiger partial charge is 0.396 e. The molecule has 32 valence electrons. The second-order valence-electron chi connectivity index (χ2n) is 2.85. The Morgan fingerprint density at radius 1 is 1.33 bits per heavy atom. The van der Waals surface area contributed by atoms with E-state index in [4.69, 9.17) is 5.11 Å². The lowest BCUT2D eigenvalue weighted by Gasteiger charge is -1.75. The molecule has 4 aliphatic carbocycles. The van der Waals surface area contributed by atoms with Crippen LogP contribution in [0.25, 0.3) is 0 Å². The van der Waals surface area contributed by atoms with E-state index in [1.54, 1.807) is 0 Å². The topological polar surface area (TPSA) is 20.2 Å². The Morgan fingerprint density at radius 2 is 1.83 bits per heavy atom. The Labute approximate surface area is 36.0 Å². The average Bonchev–Trinajstić information content (AvgIpc) is 2.35. The van der Waals surface area contributed by atoms with Crippen LogP contribution in [0.3, 0.4) is 0 Å². The predicted octanol–water partition coefficient (Wildman–Crippen LogP) is -0.145. The lowest BCUT2D eigenvalue weighted by Crippen LogP contribution is -1.82. The number of rotatable bonds is 1. The van der Waals surface area contributed by atoms with Gasteiger partial charge in [-0.25, -0.2) is 0 Å². The first-order valence-corrected chi connectivity index (χ1v) is 2.54. The molecule has 4 fully saturated rings. The molecule has 0 aromatic rings. The number of aliphatic hydroxyl groups is 1. The molecular formula is C5H6O. The van der Waals surface area contributed by atoms with Gasteiger partial charge in [0.1, 0.15) is 0 Å². The summed E-state index contributed by atoms with van der Waals surface area (Å²) >= 11 is 0. The van der Waals surface area contributed by atoms with Crippen LogP contribution in [0.4, 0.5) is 0 Å². The van der Waals surface area contributed by atoms with Gasteiger partial charge in [0.25, 0.3) is 0 Å². The van der Waals surface area contributed by atoms with E-state index in [-0.39, 0.29) is 0 Å². The van der Waals surface area contributed by atoms with Crippen molar-refractivity contribution in [1.82, 2.24) is 0 Å². The summed E-state index contributed by atoms with van der Waals surface area (Å²) in [6.45, 7) is 0.493. The minimum atomic E-state index is 0.493. The number of hydrogen-bond donors (Lipinski definition) is 1. The maximum absolute atomic E-state index is 8.53. The highest BCUT2D eigenvalue weighted by atomic mass is 16.3. The highest BCUT2D eigenvalue weighted by Crippen LogP contribution is 3.09. The molecule has 0 spiro atoms. The molecule has 1 nitrogen and oxygen atoms in total. The van der Waals surface area contributed by atoms with Gasteiger partial charge in [0.2, 0.25) is 0 Å². The minimum Gasteiger partial charge on any atom is -0.396 e. The molecule has 0 heterocycles. The van der Waals surface area contributed by atoms with E-state index in [9.17, 15) is 0 Å². The zero-order chi connectivity index (χ0) is 3.94. The van der Waals surface area contributed by atoms with Crippen molar-refractivity contribution in [1.29, 1.82) is 0 Å². The van der Waals surface area contributed by atoms with Crippen molar-refractivity contribution in [2.24, 2.45) is 23.2 Å². The summed E-state index contributed by atoms with van der Waals surface area (Å²) in [7, 11) is 0. The highest BCUT2D eigenvalue weighted by molar-refractivity contribution is 5.54. The Bertz CT molecular complexity index is 102. The molecule has 4 aliphatic rings. The minimum absolute atomic E-state index is 0.493. The molecule has 0 aromatic heterocycles. The summed E-state index contributed by atoms with van der Waals surface area (Å²) < 4.78 is 0. The smallest absolute Gasteiger partial charge is 0.0496 e. The Hall–Kier alpha value is -0.0400. The third-order valence-corrected chi connectivity index (χ3v) is 2.83. The summed E-state index contributed by atoms with van der Waals surface area (Å²) in [6.07, 6.45) is 0. The van der Waals surface area contributed by atoms with Crippen molar-refractivity contribution in [3.8, 4) is 0 Å². The summed E-state index contributed by atoms with van der Waals surface area (Å²) in [5.74, 6) is 3.13. The van der Waals surface area contributed by atoms with Gasteiger partial charge in [0, 0.05) is 12.0 Å². The van der Waals surface area contributed by atoms with Gasteiger partial charge in [-0.05, 0) is 17.8 Å². The van der Waals surface area contributed by atoms with Crippen molar-refractivity contribution in [3.63, 3.8) is 0 Å². The molecule has 0 aromatic carbocycles. The normalized spacial score (nSPS) is 88.5. The van der Waals surface area contributed by atoms with Crippen LogP contribution in [0.15, 0.2) is 0 Å². The first kappa shape index (κ1) is 2.31. The molecule has 0 amide bonds. The molecule has 0 radical (unpaired) electrons. The Kier molecular flexibility index (Phi) is 0.118. The van der Waals surface area contributed by atoms with Gasteiger partial charge in [0.15, 0.2) is 0 Å². The zero-order valence-electron chi connectivity index (χ0n) is 3.39. The van der Waals surface area contributed by atoms with E-state index < -0.39 is 0 Å². The van der Waals surface area contributed by atoms with Crippen molar-refractivity contribution in [2.45, 2.75) is 0 Å². The van der Waals surface area contributed by atoms with Crippen LogP contribution < -0.4 is 0 Å². The second-order valence-corrected chi connectivity index (χ2v) is 2.85. The lowest BCUT2D eigenvalue weighted by molar-refractivity contribution is 0.267. The van der Waals surface area contributed by atoms with Crippen molar-refractivity contribution >= 4 is 0 Å². The molecular weight excluding hydrogens is 76.1 g/mol. The van der Waals surface area contributed by atoms with E-state index in [0.717, 1.165) is 17.8 Å². The van der Waals surface area contributed by atoms with Crippen LogP contribution in [0, 0.1) is 23.2 Å². The molecule has 6 heavy (non-hydrogen) atoms. The van der Waals surface area contributed by atoms with Crippen molar-refractivity contribution in [3.05, 3.63) is 0 Å². The van der Waals surface area contributed by atoms with Gasteiger partial charge in [-0.1, -0.05) is 0 Å². The third-order valence-electron chi connectivity index (χ3n) is 2.83. The van der Waals surface area contributed by atoms with Crippen LogP contribution in [0.2, 0.25) is 0 Å². The summed E-state index contributed by atoms with van der Waals surface area (Å²) in [4.78, 5) is 0. The highest BCUT2D eigenvalue weighted by Gasteiger charge is 3.08. The monoisotopic (exact) mass is 82.0 g/mol. The van der Waals surface area contributed by atoms with Gasteiger partial charge in [-0.3, -0.25) is 0 Å². The molecule has 0 bridgehead atoms. The molecule has 0 unspecified atom stereocenters. The molecule has 4 saturated carbocycles. The standard InChI is InChI=1S/C5H6O/c6-1-5-2-3(5)4(2)5/h2-4,6H,1H2. The van der Waals surface area contributed by atoms with Crippen LogP contribution >= 0.6 is 0 Å². The van der Waals surface area contributed by atoms with Gasteiger partial charge in [-0.15, -0.1) is 0 Å². The number of aliphatic hydroxyl groups excluding tert-OH is 1. The molecule has 0 atom stereocenters. The maximum Gasteiger partial charge on any atom is 0.0496 e. The van der Waals surface area contributed by atoms with E-state index >= 15 is 0 Å². The Morgan fingerprint density at radius 3 is 1.83 bits per heavy atom. The van der Waals surface area contributed by atoms with Crippen LogP contribution in [-0.2, 0) is 0 Å². The van der Waals surface area contributed by atoms with Crippen LogP contribution in [0.5, 0.6) is 0 Å². The van der Waals surface area contributed by atoms with E-state index in [2.05, 4.69) is 0 Å². The third kappa shape index (κ3) is 0.0557. The molecule has 1 N–H and O–H groups in total. The zero-order valence-corrected chi connectivity index (χ0v) is 3.39. The first-order valence-electron chi connectivity index (χ1n) is 2.54. The first-order chi connectivity index (χ1) is 2.93. The van der Waals surface area contributed by atoms with E-state index in [0.29, 0.717) is 12.0 Å². The summed E-state index contributed by atoms with van der Waals surface area (Å²) in [5, 5.41) is 8.53. The Balaban J connectivity index is 2.11. The molecule has 0 aliphatic heterocycles. The van der Waals surface area contributed by atoms with Crippen molar-refractivity contribution in [2.75, 3.05) is 6.61 Å². The summed E-state index contributed by atoms with van der Waals surface area (Å²) in [6, 6.07) is 0. The van der Waals surface area contributed by atoms with E-state index in [1.807, 2.05) is 0 Å². The molecule has 1 heteroatoms.